The Balaban J connectivity index is 1.96. The standard InChI is InChI=1S/C16H24N2O3/c1-11(2)9-14-16(20)18(10-15(19)17-14)12(3)6-7-13-5-4-8-21-13/h4-5,8,11-12,14H,6-7,9-10H2,1-3H3,(H,17,19). The number of rotatable bonds is 6. The van der Waals surface area contributed by atoms with Crippen LogP contribution in [0.15, 0.2) is 22.8 Å². The number of hydrogen-bond acceptors (Lipinski definition) is 3. The van der Waals surface area contributed by atoms with Crippen molar-refractivity contribution in [3.05, 3.63) is 24.2 Å². The van der Waals surface area contributed by atoms with Crippen LogP contribution in [0, 0.1) is 5.92 Å². The van der Waals surface area contributed by atoms with Crippen molar-refractivity contribution in [3.63, 3.8) is 0 Å². The van der Waals surface area contributed by atoms with E-state index in [4.69, 9.17) is 4.42 Å². The summed E-state index contributed by atoms with van der Waals surface area (Å²) in [5.41, 5.74) is 0. The summed E-state index contributed by atoms with van der Waals surface area (Å²) in [6.07, 6.45) is 3.90. The second-order valence-corrected chi connectivity index (χ2v) is 6.18. The fourth-order valence-electron chi connectivity index (χ4n) is 2.70. The molecule has 1 saturated heterocycles. The highest BCUT2D eigenvalue weighted by Crippen LogP contribution is 2.17. The topological polar surface area (TPSA) is 62.6 Å². The molecule has 0 aromatic carbocycles. The second-order valence-electron chi connectivity index (χ2n) is 6.18. The van der Waals surface area contributed by atoms with Gasteiger partial charge in [-0.1, -0.05) is 13.8 Å². The molecule has 1 fully saturated rings. The minimum Gasteiger partial charge on any atom is -0.469 e. The number of hydrogen-bond donors (Lipinski definition) is 1. The predicted octanol–water partition coefficient (Wildman–Crippen LogP) is 1.97. The van der Waals surface area contributed by atoms with Crippen LogP contribution in [0.5, 0.6) is 0 Å². The van der Waals surface area contributed by atoms with Gasteiger partial charge in [0, 0.05) is 12.5 Å². The van der Waals surface area contributed by atoms with Crippen LogP contribution in [0.2, 0.25) is 0 Å². The zero-order valence-corrected chi connectivity index (χ0v) is 13.0. The number of nitrogens with zero attached hydrogens (tertiary/aromatic N) is 1. The number of aryl methyl sites for hydroxylation is 1. The lowest BCUT2D eigenvalue weighted by Gasteiger charge is -2.37. The van der Waals surface area contributed by atoms with Crippen molar-refractivity contribution in [2.24, 2.45) is 5.92 Å². The van der Waals surface area contributed by atoms with E-state index < -0.39 is 0 Å². The minimum absolute atomic E-state index is 0.0308. The van der Waals surface area contributed by atoms with Gasteiger partial charge in [-0.25, -0.2) is 0 Å². The van der Waals surface area contributed by atoms with Crippen LogP contribution in [0.3, 0.4) is 0 Å². The Morgan fingerprint density at radius 3 is 2.76 bits per heavy atom. The van der Waals surface area contributed by atoms with Crippen molar-refractivity contribution >= 4 is 11.8 Å². The number of nitrogens with one attached hydrogen (secondary N) is 1. The van der Waals surface area contributed by atoms with Crippen LogP contribution in [-0.2, 0) is 16.0 Å². The molecule has 0 radical (unpaired) electrons. The molecule has 1 aromatic heterocycles. The van der Waals surface area contributed by atoms with Gasteiger partial charge < -0.3 is 14.6 Å². The maximum absolute atomic E-state index is 12.5. The number of piperazine rings is 1. The van der Waals surface area contributed by atoms with E-state index in [0.29, 0.717) is 12.3 Å². The Kier molecular flexibility index (Phi) is 5.04. The summed E-state index contributed by atoms with van der Waals surface area (Å²) in [5, 5.41) is 2.80. The highest BCUT2D eigenvalue weighted by molar-refractivity contribution is 5.95. The first kappa shape index (κ1) is 15.6. The van der Waals surface area contributed by atoms with Crippen LogP contribution in [0.1, 0.15) is 39.4 Å². The smallest absolute Gasteiger partial charge is 0.245 e. The van der Waals surface area contributed by atoms with Gasteiger partial charge in [-0.3, -0.25) is 9.59 Å². The van der Waals surface area contributed by atoms with E-state index in [0.717, 1.165) is 18.6 Å². The van der Waals surface area contributed by atoms with Gasteiger partial charge >= 0.3 is 0 Å². The number of carbonyl (C=O) groups excluding carboxylic acids is 2. The quantitative estimate of drug-likeness (QED) is 0.872. The van der Waals surface area contributed by atoms with Gasteiger partial charge in [-0.15, -0.1) is 0 Å². The Morgan fingerprint density at radius 1 is 1.38 bits per heavy atom. The Labute approximate surface area is 125 Å². The monoisotopic (exact) mass is 292 g/mol. The highest BCUT2D eigenvalue weighted by Gasteiger charge is 2.35. The first-order valence-corrected chi connectivity index (χ1v) is 7.59. The molecule has 1 N–H and O–H groups in total. The Bertz CT molecular complexity index is 482. The molecule has 2 atom stereocenters. The summed E-state index contributed by atoms with van der Waals surface area (Å²) in [7, 11) is 0. The lowest BCUT2D eigenvalue weighted by Crippen LogP contribution is -2.60. The predicted molar refractivity (Wildman–Crippen MR) is 79.6 cm³/mol. The number of furan rings is 1. The van der Waals surface area contributed by atoms with Crippen LogP contribution in [0.4, 0.5) is 0 Å². The molecule has 5 nitrogen and oxygen atoms in total. The van der Waals surface area contributed by atoms with Crippen LogP contribution < -0.4 is 5.32 Å². The third-order valence-electron chi connectivity index (χ3n) is 3.86. The summed E-state index contributed by atoms with van der Waals surface area (Å²) in [4.78, 5) is 26.0. The van der Waals surface area contributed by atoms with E-state index in [1.54, 1.807) is 11.2 Å². The van der Waals surface area contributed by atoms with Crippen molar-refractivity contribution in [3.8, 4) is 0 Å². The molecular formula is C16H24N2O3. The van der Waals surface area contributed by atoms with Gasteiger partial charge in [0.25, 0.3) is 0 Å². The summed E-state index contributed by atoms with van der Waals surface area (Å²) < 4.78 is 5.31. The van der Waals surface area contributed by atoms with Crippen molar-refractivity contribution in [2.45, 2.75) is 52.1 Å². The van der Waals surface area contributed by atoms with Crippen molar-refractivity contribution in [2.75, 3.05) is 6.54 Å². The summed E-state index contributed by atoms with van der Waals surface area (Å²) in [6.45, 7) is 6.26. The van der Waals surface area contributed by atoms with E-state index in [-0.39, 0.29) is 30.4 Å². The first-order valence-electron chi connectivity index (χ1n) is 7.59. The minimum atomic E-state index is -0.377. The molecule has 1 aromatic rings. The average molecular weight is 292 g/mol. The third-order valence-corrected chi connectivity index (χ3v) is 3.86. The Morgan fingerprint density at radius 2 is 2.14 bits per heavy atom. The van der Waals surface area contributed by atoms with Crippen LogP contribution >= 0.6 is 0 Å². The van der Waals surface area contributed by atoms with Gasteiger partial charge in [-0.2, -0.15) is 0 Å². The molecule has 0 spiro atoms. The maximum Gasteiger partial charge on any atom is 0.245 e. The van der Waals surface area contributed by atoms with Gasteiger partial charge in [0.15, 0.2) is 0 Å². The van der Waals surface area contributed by atoms with Gasteiger partial charge in [0.1, 0.15) is 11.8 Å². The normalized spacial score (nSPS) is 20.8. The number of carbonyl (C=O) groups is 2. The summed E-state index contributed by atoms with van der Waals surface area (Å²) >= 11 is 0. The molecule has 1 aliphatic heterocycles. The molecule has 0 bridgehead atoms. The van der Waals surface area contributed by atoms with E-state index in [2.05, 4.69) is 19.2 Å². The van der Waals surface area contributed by atoms with E-state index in [1.807, 2.05) is 19.1 Å². The first-order chi connectivity index (χ1) is 9.97. The Hall–Kier alpha value is -1.78. The van der Waals surface area contributed by atoms with E-state index >= 15 is 0 Å². The van der Waals surface area contributed by atoms with E-state index in [9.17, 15) is 9.59 Å². The largest absolute Gasteiger partial charge is 0.469 e. The second kappa shape index (κ2) is 6.78. The van der Waals surface area contributed by atoms with Crippen molar-refractivity contribution in [1.29, 1.82) is 0 Å². The summed E-state index contributed by atoms with van der Waals surface area (Å²) in [5.74, 6) is 1.26. The third kappa shape index (κ3) is 4.09. The van der Waals surface area contributed by atoms with Gasteiger partial charge in [0.2, 0.25) is 11.8 Å². The van der Waals surface area contributed by atoms with Gasteiger partial charge in [0.05, 0.1) is 12.8 Å². The van der Waals surface area contributed by atoms with Crippen molar-refractivity contribution in [1.82, 2.24) is 10.2 Å². The summed E-state index contributed by atoms with van der Waals surface area (Å²) in [6, 6.07) is 3.44. The molecule has 2 rings (SSSR count). The molecule has 0 aliphatic carbocycles. The molecule has 1 aliphatic rings. The number of amides is 2. The molecule has 2 unspecified atom stereocenters. The highest BCUT2D eigenvalue weighted by atomic mass is 16.3. The SMILES string of the molecule is CC(C)CC1NC(=O)CN(C(C)CCc2ccco2)C1=O. The molecule has 2 amide bonds. The zero-order chi connectivity index (χ0) is 15.4. The van der Waals surface area contributed by atoms with Crippen LogP contribution in [0.25, 0.3) is 0 Å². The lowest BCUT2D eigenvalue weighted by atomic mass is 9.99. The molecule has 0 saturated carbocycles. The molecule has 116 valence electrons. The fraction of sp³-hybridized carbons (Fsp3) is 0.625. The molecule has 5 heteroatoms. The fourth-order valence-corrected chi connectivity index (χ4v) is 2.70. The average Bonchev–Trinajstić information content (AvgIpc) is 2.92. The van der Waals surface area contributed by atoms with Crippen molar-refractivity contribution < 1.29 is 14.0 Å². The maximum atomic E-state index is 12.5. The molecule has 21 heavy (non-hydrogen) atoms. The zero-order valence-electron chi connectivity index (χ0n) is 13.0. The van der Waals surface area contributed by atoms with E-state index in [1.165, 1.54) is 0 Å². The van der Waals surface area contributed by atoms with Crippen LogP contribution in [-0.4, -0.2) is 35.3 Å². The molecule has 2 heterocycles. The molecular weight excluding hydrogens is 268 g/mol. The lowest BCUT2D eigenvalue weighted by molar-refractivity contribution is -0.146. The van der Waals surface area contributed by atoms with Gasteiger partial charge in [-0.05, 0) is 37.8 Å².